The van der Waals surface area contributed by atoms with E-state index in [4.69, 9.17) is 4.74 Å². The molecular formula is C21H26N4O3. The number of benzene rings is 1. The van der Waals surface area contributed by atoms with Crippen LogP contribution in [-0.2, 0) is 0 Å². The predicted octanol–water partition coefficient (Wildman–Crippen LogP) is 2.93. The standard InChI is InChI=1S/C21H26N4O3/c1-15(2)28-17-10-8-16(9-11-17)20(26)23-24-21(27)18-7-6-12-22-19(18)25-13-4-3-5-14-25/h6-12,15H,3-5,13-14H2,1-2H3,(H,23,26)(H,24,27). The monoisotopic (exact) mass is 382 g/mol. The number of pyridine rings is 1. The molecule has 1 aromatic carbocycles. The smallest absolute Gasteiger partial charge is 0.273 e. The average molecular weight is 382 g/mol. The lowest BCUT2D eigenvalue weighted by atomic mass is 10.1. The van der Waals surface area contributed by atoms with Crippen molar-refractivity contribution >= 4 is 17.6 Å². The van der Waals surface area contributed by atoms with Gasteiger partial charge >= 0.3 is 0 Å². The molecule has 1 aromatic heterocycles. The summed E-state index contributed by atoms with van der Waals surface area (Å²) in [6, 6.07) is 10.2. The van der Waals surface area contributed by atoms with E-state index in [0.29, 0.717) is 22.7 Å². The number of hydrogen-bond acceptors (Lipinski definition) is 5. The molecular weight excluding hydrogens is 356 g/mol. The van der Waals surface area contributed by atoms with Gasteiger partial charge in [-0.3, -0.25) is 20.4 Å². The van der Waals surface area contributed by atoms with Gasteiger partial charge in [-0.25, -0.2) is 4.98 Å². The highest BCUT2D eigenvalue weighted by Gasteiger charge is 2.20. The molecule has 1 aliphatic heterocycles. The number of hydrazine groups is 1. The Morgan fingerprint density at radius 2 is 1.68 bits per heavy atom. The molecule has 148 valence electrons. The summed E-state index contributed by atoms with van der Waals surface area (Å²) in [5.41, 5.74) is 5.83. The summed E-state index contributed by atoms with van der Waals surface area (Å²) in [5, 5.41) is 0. The number of piperidine rings is 1. The third-order valence-corrected chi connectivity index (χ3v) is 4.46. The molecule has 3 rings (SSSR count). The second kappa shape index (κ2) is 9.21. The van der Waals surface area contributed by atoms with Crippen molar-refractivity contribution in [3.8, 4) is 5.75 Å². The average Bonchev–Trinajstić information content (AvgIpc) is 2.72. The third kappa shape index (κ3) is 5.00. The molecule has 2 amide bonds. The molecule has 0 spiro atoms. The molecule has 0 atom stereocenters. The number of rotatable bonds is 5. The van der Waals surface area contributed by atoms with Crippen molar-refractivity contribution in [1.82, 2.24) is 15.8 Å². The summed E-state index contributed by atoms with van der Waals surface area (Å²) in [6.45, 7) is 5.64. The van der Waals surface area contributed by atoms with Crippen LogP contribution in [0.4, 0.5) is 5.82 Å². The lowest BCUT2D eigenvalue weighted by molar-refractivity contribution is 0.0846. The Labute approximate surface area is 165 Å². The van der Waals surface area contributed by atoms with Crippen LogP contribution in [0, 0.1) is 0 Å². The lowest BCUT2D eigenvalue weighted by Crippen LogP contribution is -2.42. The van der Waals surface area contributed by atoms with Crippen LogP contribution < -0.4 is 20.5 Å². The highest BCUT2D eigenvalue weighted by molar-refractivity contribution is 6.01. The van der Waals surface area contributed by atoms with Gasteiger partial charge in [0.2, 0.25) is 0 Å². The molecule has 0 saturated carbocycles. The van der Waals surface area contributed by atoms with Gasteiger partial charge in [-0.05, 0) is 69.5 Å². The third-order valence-electron chi connectivity index (χ3n) is 4.46. The molecule has 0 aliphatic carbocycles. The zero-order valence-electron chi connectivity index (χ0n) is 16.3. The highest BCUT2D eigenvalue weighted by atomic mass is 16.5. The minimum atomic E-state index is -0.396. The maximum atomic E-state index is 12.6. The van der Waals surface area contributed by atoms with Crippen LogP contribution in [0.25, 0.3) is 0 Å². The fraction of sp³-hybridized carbons (Fsp3) is 0.381. The molecule has 7 heteroatoms. The largest absolute Gasteiger partial charge is 0.491 e. The summed E-state index contributed by atoms with van der Waals surface area (Å²) < 4.78 is 5.56. The summed E-state index contributed by atoms with van der Waals surface area (Å²) >= 11 is 0. The second-order valence-electron chi connectivity index (χ2n) is 7.02. The molecule has 2 N–H and O–H groups in total. The summed E-state index contributed by atoms with van der Waals surface area (Å²) in [6.07, 6.45) is 5.12. The second-order valence-corrected chi connectivity index (χ2v) is 7.02. The zero-order valence-corrected chi connectivity index (χ0v) is 16.3. The van der Waals surface area contributed by atoms with E-state index in [1.165, 1.54) is 6.42 Å². The maximum Gasteiger partial charge on any atom is 0.273 e. The Balaban J connectivity index is 1.62. The minimum Gasteiger partial charge on any atom is -0.491 e. The summed E-state index contributed by atoms with van der Waals surface area (Å²) in [5.74, 6) is 0.566. The first-order chi connectivity index (χ1) is 13.5. The Bertz CT molecular complexity index is 815. The molecule has 28 heavy (non-hydrogen) atoms. The number of nitrogens with zero attached hydrogens (tertiary/aromatic N) is 2. The van der Waals surface area contributed by atoms with Crippen LogP contribution in [0.5, 0.6) is 5.75 Å². The highest BCUT2D eigenvalue weighted by Crippen LogP contribution is 2.21. The van der Waals surface area contributed by atoms with E-state index >= 15 is 0 Å². The van der Waals surface area contributed by atoms with Crippen LogP contribution in [0.3, 0.4) is 0 Å². The summed E-state index contributed by atoms with van der Waals surface area (Å²) in [4.78, 5) is 31.4. The van der Waals surface area contributed by atoms with Gasteiger partial charge in [0.05, 0.1) is 11.7 Å². The number of anilines is 1. The maximum absolute atomic E-state index is 12.6. The van der Waals surface area contributed by atoms with Crippen molar-refractivity contribution in [3.05, 3.63) is 53.7 Å². The van der Waals surface area contributed by atoms with Gasteiger partial charge in [-0.15, -0.1) is 0 Å². The Morgan fingerprint density at radius 3 is 2.36 bits per heavy atom. The van der Waals surface area contributed by atoms with Crippen LogP contribution >= 0.6 is 0 Å². The van der Waals surface area contributed by atoms with E-state index in [1.807, 2.05) is 13.8 Å². The van der Waals surface area contributed by atoms with Crippen molar-refractivity contribution in [3.63, 3.8) is 0 Å². The fourth-order valence-electron chi connectivity index (χ4n) is 3.14. The first-order valence-electron chi connectivity index (χ1n) is 9.62. The van der Waals surface area contributed by atoms with Crippen molar-refractivity contribution in [2.45, 2.75) is 39.2 Å². The molecule has 0 radical (unpaired) electrons. The van der Waals surface area contributed by atoms with E-state index in [1.54, 1.807) is 42.6 Å². The van der Waals surface area contributed by atoms with Gasteiger partial charge in [0.15, 0.2) is 0 Å². The topological polar surface area (TPSA) is 83.6 Å². The first kappa shape index (κ1) is 19.7. The molecule has 7 nitrogen and oxygen atoms in total. The number of amides is 2. The fourth-order valence-corrected chi connectivity index (χ4v) is 3.14. The Morgan fingerprint density at radius 1 is 1.00 bits per heavy atom. The van der Waals surface area contributed by atoms with Crippen LogP contribution in [0.15, 0.2) is 42.6 Å². The van der Waals surface area contributed by atoms with Crippen molar-refractivity contribution in [2.24, 2.45) is 0 Å². The number of carbonyl (C=O) groups is 2. The van der Waals surface area contributed by atoms with Gasteiger partial charge in [-0.2, -0.15) is 0 Å². The number of hydrogen-bond donors (Lipinski definition) is 2. The van der Waals surface area contributed by atoms with E-state index in [9.17, 15) is 9.59 Å². The molecule has 1 aliphatic rings. The zero-order chi connectivity index (χ0) is 19.9. The van der Waals surface area contributed by atoms with Crippen molar-refractivity contribution in [2.75, 3.05) is 18.0 Å². The van der Waals surface area contributed by atoms with Crippen LogP contribution in [-0.4, -0.2) is 36.0 Å². The van der Waals surface area contributed by atoms with E-state index in [2.05, 4.69) is 20.7 Å². The van der Waals surface area contributed by atoms with Crippen molar-refractivity contribution < 1.29 is 14.3 Å². The van der Waals surface area contributed by atoms with Gasteiger partial charge in [0, 0.05) is 24.8 Å². The molecule has 2 aromatic rings. The minimum absolute atomic E-state index is 0.0625. The lowest BCUT2D eigenvalue weighted by Gasteiger charge is -2.29. The van der Waals surface area contributed by atoms with E-state index in [0.717, 1.165) is 25.9 Å². The van der Waals surface area contributed by atoms with Crippen molar-refractivity contribution in [1.29, 1.82) is 0 Å². The van der Waals surface area contributed by atoms with Gasteiger partial charge in [-0.1, -0.05) is 0 Å². The summed E-state index contributed by atoms with van der Waals surface area (Å²) in [7, 11) is 0. The number of carbonyl (C=O) groups excluding carboxylic acids is 2. The predicted molar refractivity (Wildman–Crippen MR) is 107 cm³/mol. The molecule has 2 heterocycles. The van der Waals surface area contributed by atoms with E-state index in [-0.39, 0.29) is 12.0 Å². The molecule has 0 bridgehead atoms. The van der Waals surface area contributed by atoms with Gasteiger partial charge in [0.1, 0.15) is 11.6 Å². The van der Waals surface area contributed by atoms with E-state index < -0.39 is 5.91 Å². The Kier molecular flexibility index (Phi) is 6.47. The normalized spacial score (nSPS) is 13.9. The van der Waals surface area contributed by atoms with Gasteiger partial charge in [0.25, 0.3) is 11.8 Å². The molecule has 1 saturated heterocycles. The van der Waals surface area contributed by atoms with Crippen LogP contribution in [0.1, 0.15) is 53.8 Å². The Hall–Kier alpha value is -3.09. The molecule has 1 fully saturated rings. The van der Waals surface area contributed by atoms with Gasteiger partial charge < -0.3 is 9.64 Å². The number of aromatic nitrogens is 1. The number of ether oxygens (including phenoxy) is 1. The first-order valence-corrected chi connectivity index (χ1v) is 9.62. The number of nitrogens with one attached hydrogen (secondary N) is 2. The van der Waals surface area contributed by atoms with Crippen LogP contribution in [0.2, 0.25) is 0 Å². The SMILES string of the molecule is CC(C)Oc1ccc(C(=O)NNC(=O)c2cccnc2N2CCCCC2)cc1. The quantitative estimate of drug-likeness (QED) is 0.777. The molecule has 0 unspecified atom stereocenters.